The molecule has 0 aromatic heterocycles. The molecule has 3 rings (SSSR count). The molecule has 1 aromatic carbocycles. The lowest BCUT2D eigenvalue weighted by Crippen LogP contribution is -2.33. The second-order valence-corrected chi connectivity index (χ2v) is 10.1. The topological polar surface area (TPSA) is 17.1 Å². The summed E-state index contributed by atoms with van der Waals surface area (Å²) in [5.74, 6) is 1.99. The Morgan fingerprint density at radius 2 is 1.35 bits per heavy atom. The van der Waals surface area contributed by atoms with Gasteiger partial charge in [0.15, 0.2) is 5.78 Å². The Hall–Kier alpha value is -1.37. The molecule has 2 bridgehead atoms. The second-order valence-electron chi connectivity index (χ2n) is 10.1. The molecule has 3 atom stereocenters. The van der Waals surface area contributed by atoms with Crippen LogP contribution in [0.5, 0.6) is 0 Å². The monoisotopic (exact) mass is 352 g/mol. The van der Waals surface area contributed by atoms with Crippen molar-refractivity contribution < 1.29 is 4.79 Å². The highest BCUT2D eigenvalue weighted by molar-refractivity contribution is 6.08. The smallest absolute Gasteiger partial charge is 0.165 e. The minimum atomic E-state index is -0.213. The molecule has 0 heterocycles. The van der Waals surface area contributed by atoms with Gasteiger partial charge in [0, 0.05) is 11.0 Å². The van der Waals surface area contributed by atoms with Crippen LogP contribution in [0.4, 0.5) is 0 Å². The molecule has 26 heavy (non-hydrogen) atoms. The van der Waals surface area contributed by atoms with Gasteiger partial charge in [0.1, 0.15) is 0 Å². The van der Waals surface area contributed by atoms with Crippen molar-refractivity contribution in [3.63, 3.8) is 0 Å². The normalized spacial score (nSPS) is 31.5. The Bertz CT molecular complexity index is 792. The average molecular weight is 353 g/mol. The Balaban J connectivity index is 2.24. The molecule has 142 valence electrons. The van der Waals surface area contributed by atoms with Crippen LogP contribution in [0.3, 0.4) is 0 Å². The molecule has 0 amide bonds. The van der Waals surface area contributed by atoms with Gasteiger partial charge >= 0.3 is 0 Å². The maximum absolute atomic E-state index is 13.5. The predicted octanol–water partition coefficient (Wildman–Crippen LogP) is 6.52. The number of carbonyl (C=O) groups excluding carboxylic acids is 1. The van der Waals surface area contributed by atoms with Crippen molar-refractivity contribution in [2.24, 2.45) is 28.6 Å². The van der Waals surface area contributed by atoms with Gasteiger partial charge in [-0.1, -0.05) is 34.6 Å². The van der Waals surface area contributed by atoms with Crippen molar-refractivity contribution in [3.05, 3.63) is 39.0 Å². The van der Waals surface area contributed by atoms with Crippen molar-refractivity contribution in [1.82, 2.24) is 0 Å². The van der Waals surface area contributed by atoms with Crippen LogP contribution in [0, 0.1) is 63.2 Å². The number of hydrogen-bond donors (Lipinski definition) is 0. The van der Waals surface area contributed by atoms with Gasteiger partial charge in [-0.3, -0.25) is 4.79 Å². The van der Waals surface area contributed by atoms with E-state index in [0.717, 1.165) is 12.0 Å². The van der Waals surface area contributed by atoms with E-state index in [4.69, 9.17) is 0 Å². The summed E-state index contributed by atoms with van der Waals surface area (Å²) in [6, 6.07) is 0. The third-order valence-corrected chi connectivity index (χ3v) is 8.58. The lowest BCUT2D eigenvalue weighted by Gasteiger charge is -2.31. The van der Waals surface area contributed by atoms with E-state index in [0.29, 0.717) is 23.5 Å². The van der Waals surface area contributed by atoms with Crippen LogP contribution >= 0.6 is 0 Å². The minimum Gasteiger partial charge on any atom is -0.294 e. The molecule has 2 saturated carbocycles. The quantitative estimate of drug-likeness (QED) is 0.554. The summed E-state index contributed by atoms with van der Waals surface area (Å²) in [5, 5.41) is 0. The van der Waals surface area contributed by atoms with Gasteiger partial charge in [0.05, 0.1) is 0 Å². The van der Waals surface area contributed by atoms with Crippen molar-refractivity contribution in [2.45, 2.75) is 75.7 Å². The van der Waals surface area contributed by atoms with Crippen LogP contribution in [0.1, 0.15) is 74.4 Å². The zero-order valence-corrected chi connectivity index (χ0v) is 18.4. The molecule has 2 fully saturated rings. The second kappa shape index (κ2) is 5.81. The summed E-state index contributed by atoms with van der Waals surface area (Å²) in [6.07, 6.45) is 3.32. The molecule has 0 saturated heterocycles. The number of ketones is 1. The summed E-state index contributed by atoms with van der Waals surface area (Å²) in [6.45, 7) is 22.6. The summed E-state index contributed by atoms with van der Waals surface area (Å²) < 4.78 is 0. The number of rotatable bonds is 2. The number of Topliss-reactive ketones (excluding diaryl/α,β-unsaturated/α-hetero) is 1. The van der Waals surface area contributed by atoms with Crippen LogP contribution in [0.2, 0.25) is 0 Å². The molecule has 0 aliphatic heterocycles. The number of carbonyl (C=O) groups is 1. The van der Waals surface area contributed by atoms with Crippen LogP contribution in [-0.2, 0) is 4.79 Å². The fourth-order valence-corrected chi connectivity index (χ4v) is 5.87. The van der Waals surface area contributed by atoms with Crippen molar-refractivity contribution >= 4 is 11.9 Å². The maximum Gasteiger partial charge on any atom is 0.165 e. The van der Waals surface area contributed by atoms with Crippen molar-refractivity contribution in [2.75, 3.05) is 0 Å². The van der Waals surface area contributed by atoms with Crippen LogP contribution in [0.25, 0.3) is 6.08 Å². The van der Waals surface area contributed by atoms with Gasteiger partial charge in [-0.15, -0.1) is 0 Å². The highest BCUT2D eigenvalue weighted by Crippen LogP contribution is 2.69. The average Bonchev–Trinajstić information content (AvgIpc) is 2.86. The third kappa shape index (κ3) is 2.25. The van der Waals surface area contributed by atoms with Gasteiger partial charge < -0.3 is 0 Å². The van der Waals surface area contributed by atoms with E-state index in [1.807, 2.05) is 0 Å². The summed E-state index contributed by atoms with van der Waals surface area (Å²) in [5.41, 5.74) is 8.98. The highest BCUT2D eigenvalue weighted by atomic mass is 16.1. The Morgan fingerprint density at radius 3 is 1.77 bits per heavy atom. The first-order valence-corrected chi connectivity index (χ1v) is 10.2. The van der Waals surface area contributed by atoms with Gasteiger partial charge in [-0.2, -0.15) is 0 Å². The Labute approximate surface area is 160 Å². The SMILES string of the molecule is Cc1c(C)c(C)c(/C=C2\C(=O)C3(C)CC(C(C)C)C2C3(C)C)c(C)c1C. The fourth-order valence-electron chi connectivity index (χ4n) is 5.87. The van der Waals surface area contributed by atoms with Gasteiger partial charge in [0.25, 0.3) is 0 Å². The van der Waals surface area contributed by atoms with E-state index in [9.17, 15) is 4.79 Å². The molecule has 1 nitrogen and oxygen atoms in total. The minimum absolute atomic E-state index is 0.0431. The van der Waals surface area contributed by atoms with Gasteiger partial charge in [-0.25, -0.2) is 0 Å². The molecule has 0 spiro atoms. The number of benzene rings is 1. The standard InChI is InChI=1S/C25H36O/c1-13(2)21-12-25(10)23(26)20(22(21)24(25,8)9)11-19-17(6)15(4)14(3)16(5)18(19)7/h11,13,21-22H,12H2,1-10H3/b20-11-. The zero-order valence-electron chi connectivity index (χ0n) is 18.4. The lowest BCUT2D eigenvalue weighted by molar-refractivity contribution is -0.125. The van der Waals surface area contributed by atoms with Crippen LogP contribution in [-0.4, -0.2) is 5.78 Å². The predicted molar refractivity (Wildman–Crippen MR) is 111 cm³/mol. The maximum atomic E-state index is 13.5. The van der Waals surface area contributed by atoms with E-state index in [2.05, 4.69) is 75.3 Å². The van der Waals surface area contributed by atoms with Gasteiger partial charge in [-0.05, 0) is 104 Å². The Kier molecular flexibility index (Phi) is 4.34. The molecular formula is C25H36O. The first-order valence-electron chi connectivity index (χ1n) is 10.2. The molecule has 0 radical (unpaired) electrons. The molecular weight excluding hydrogens is 316 g/mol. The first kappa shape index (κ1) is 19.4. The van der Waals surface area contributed by atoms with E-state index < -0.39 is 0 Å². The zero-order chi connectivity index (χ0) is 19.8. The van der Waals surface area contributed by atoms with E-state index in [-0.39, 0.29) is 10.8 Å². The molecule has 3 unspecified atom stereocenters. The van der Waals surface area contributed by atoms with E-state index in [1.165, 1.54) is 33.4 Å². The van der Waals surface area contributed by atoms with Gasteiger partial charge in [0.2, 0.25) is 0 Å². The molecule has 2 aliphatic carbocycles. The highest BCUT2D eigenvalue weighted by Gasteiger charge is 2.67. The molecule has 2 aliphatic rings. The third-order valence-electron chi connectivity index (χ3n) is 8.58. The van der Waals surface area contributed by atoms with E-state index in [1.54, 1.807) is 0 Å². The van der Waals surface area contributed by atoms with Crippen molar-refractivity contribution in [3.8, 4) is 0 Å². The van der Waals surface area contributed by atoms with Crippen molar-refractivity contribution in [1.29, 1.82) is 0 Å². The summed E-state index contributed by atoms with van der Waals surface area (Å²) >= 11 is 0. The summed E-state index contributed by atoms with van der Waals surface area (Å²) in [7, 11) is 0. The number of hydrogen-bond acceptors (Lipinski definition) is 1. The first-order chi connectivity index (χ1) is 11.9. The fraction of sp³-hybridized carbons (Fsp3) is 0.640. The Morgan fingerprint density at radius 1 is 0.885 bits per heavy atom. The molecule has 0 N–H and O–H groups in total. The summed E-state index contributed by atoms with van der Waals surface area (Å²) in [4.78, 5) is 13.5. The lowest BCUT2D eigenvalue weighted by atomic mass is 9.70. The molecule has 1 aromatic rings. The molecule has 1 heteroatoms. The number of fused-ring (bicyclic) bond motifs is 2. The largest absolute Gasteiger partial charge is 0.294 e. The van der Waals surface area contributed by atoms with Crippen LogP contribution < -0.4 is 0 Å². The van der Waals surface area contributed by atoms with Crippen LogP contribution in [0.15, 0.2) is 5.57 Å². The number of allylic oxidation sites excluding steroid dienone is 1. The van der Waals surface area contributed by atoms with E-state index >= 15 is 0 Å².